The van der Waals surface area contributed by atoms with Gasteiger partial charge in [0.2, 0.25) is 0 Å². The molecule has 30 heavy (non-hydrogen) atoms. The minimum absolute atomic E-state index is 0.0618. The van der Waals surface area contributed by atoms with E-state index in [-0.39, 0.29) is 5.91 Å². The predicted molar refractivity (Wildman–Crippen MR) is 125 cm³/mol. The smallest absolute Gasteiger partial charge is 0.251 e. The molecule has 1 N–H and O–H groups in total. The molecule has 0 aliphatic carbocycles. The number of carbonyl (C=O) groups excluding carboxylic acids is 1. The summed E-state index contributed by atoms with van der Waals surface area (Å²) in [6.07, 6.45) is 3.79. The van der Waals surface area contributed by atoms with Crippen molar-refractivity contribution in [3.63, 3.8) is 0 Å². The molecule has 2 aromatic carbocycles. The molecule has 4 nitrogen and oxygen atoms in total. The first-order chi connectivity index (χ1) is 14.6. The van der Waals surface area contributed by atoms with E-state index in [9.17, 15) is 4.79 Å². The number of hydrogen-bond acceptors (Lipinski definition) is 4. The van der Waals surface area contributed by atoms with E-state index in [0.717, 1.165) is 29.2 Å². The Hall–Kier alpha value is -2.24. The highest BCUT2D eigenvalue weighted by Crippen LogP contribution is 2.36. The normalized spacial score (nSPS) is 13.9. The first-order valence-electron chi connectivity index (χ1n) is 10.8. The maximum atomic E-state index is 12.4. The highest BCUT2D eigenvalue weighted by molar-refractivity contribution is 7.99. The highest BCUT2D eigenvalue weighted by Gasteiger charge is 2.17. The van der Waals surface area contributed by atoms with Crippen LogP contribution in [0.4, 0.5) is 0 Å². The van der Waals surface area contributed by atoms with E-state index in [2.05, 4.69) is 48.0 Å². The molecule has 0 atom stereocenters. The average Bonchev–Trinajstić information content (AvgIpc) is 2.78. The summed E-state index contributed by atoms with van der Waals surface area (Å²) in [5, 5.41) is 2.90. The van der Waals surface area contributed by atoms with Gasteiger partial charge in [0.25, 0.3) is 5.91 Å². The van der Waals surface area contributed by atoms with E-state index in [1.165, 1.54) is 29.7 Å². The molecule has 0 bridgehead atoms. The van der Waals surface area contributed by atoms with E-state index in [0.29, 0.717) is 25.3 Å². The minimum atomic E-state index is -0.0618. The lowest BCUT2D eigenvalue weighted by atomic mass is 10.1. The number of hydrogen-bond donors (Lipinski definition) is 1. The lowest BCUT2D eigenvalue weighted by Gasteiger charge is -2.31. The SMILES string of the molecule is C=C(c1ccccc1Sc1ccc(C(=O)NCCOCC)cc1C)N1CCCCC1. The van der Waals surface area contributed by atoms with Gasteiger partial charge in [-0.2, -0.15) is 0 Å². The van der Waals surface area contributed by atoms with Crippen LogP contribution in [0, 0.1) is 6.92 Å². The summed E-state index contributed by atoms with van der Waals surface area (Å²) in [4.78, 5) is 17.1. The Bertz CT molecular complexity index is 875. The van der Waals surface area contributed by atoms with Gasteiger partial charge in [-0.1, -0.05) is 36.5 Å². The second-order valence-corrected chi connectivity index (χ2v) is 8.61. The fraction of sp³-hybridized carbons (Fsp3) is 0.400. The topological polar surface area (TPSA) is 41.6 Å². The molecular weight excluding hydrogens is 392 g/mol. The third kappa shape index (κ3) is 5.89. The number of carbonyl (C=O) groups is 1. The molecule has 160 valence electrons. The van der Waals surface area contributed by atoms with E-state index >= 15 is 0 Å². The summed E-state index contributed by atoms with van der Waals surface area (Å²) in [7, 11) is 0. The second kappa shape index (κ2) is 11.2. The van der Waals surface area contributed by atoms with Gasteiger partial charge in [0.1, 0.15) is 0 Å². The van der Waals surface area contributed by atoms with Crippen molar-refractivity contribution < 1.29 is 9.53 Å². The molecule has 0 saturated carbocycles. The fourth-order valence-corrected chi connectivity index (χ4v) is 4.67. The number of amides is 1. The van der Waals surface area contributed by atoms with Gasteiger partial charge < -0.3 is 15.0 Å². The van der Waals surface area contributed by atoms with Gasteiger partial charge in [-0.05, 0) is 62.9 Å². The largest absolute Gasteiger partial charge is 0.380 e. The van der Waals surface area contributed by atoms with E-state index in [4.69, 9.17) is 4.74 Å². The molecule has 1 heterocycles. The summed E-state index contributed by atoms with van der Waals surface area (Å²) in [5.41, 5.74) is 4.08. The van der Waals surface area contributed by atoms with Crippen LogP contribution < -0.4 is 5.32 Å². The maximum absolute atomic E-state index is 12.4. The number of rotatable bonds is 9. The Morgan fingerprint density at radius 3 is 2.63 bits per heavy atom. The Labute approximate surface area is 184 Å². The molecule has 1 aliphatic rings. The predicted octanol–water partition coefficient (Wildman–Crippen LogP) is 5.37. The zero-order valence-electron chi connectivity index (χ0n) is 18.1. The molecule has 1 saturated heterocycles. The minimum Gasteiger partial charge on any atom is -0.380 e. The Kier molecular flexibility index (Phi) is 8.40. The van der Waals surface area contributed by atoms with E-state index < -0.39 is 0 Å². The monoisotopic (exact) mass is 424 g/mol. The van der Waals surface area contributed by atoms with Crippen molar-refractivity contribution in [2.24, 2.45) is 0 Å². The number of benzene rings is 2. The number of piperidine rings is 1. The second-order valence-electron chi connectivity index (χ2n) is 7.53. The molecule has 1 amide bonds. The third-order valence-corrected chi connectivity index (χ3v) is 6.58. The molecule has 0 spiro atoms. The molecule has 1 fully saturated rings. The number of ether oxygens (including phenoxy) is 1. The molecule has 0 radical (unpaired) electrons. The van der Waals surface area contributed by atoms with Crippen LogP contribution in [0.25, 0.3) is 5.70 Å². The van der Waals surface area contributed by atoms with Crippen molar-refractivity contribution in [2.45, 2.75) is 42.9 Å². The van der Waals surface area contributed by atoms with E-state index in [1.807, 2.05) is 25.1 Å². The van der Waals surface area contributed by atoms with Crippen LogP contribution in [-0.2, 0) is 4.74 Å². The molecule has 2 aromatic rings. The van der Waals surface area contributed by atoms with Crippen molar-refractivity contribution in [1.82, 2.24) is 10.2 Å². The zero-order chi connectivity index (χ0) is 21.3. The van der Waals surface area contributed by atoms with Gasteiger partial charge in [0, 0.05) is 52.9 Å². The number of nitrogens with one attached hydrogen (secondary N) is 1. The average molecular weight is 425 g/mol. The number of likely N-dealkylation sites (tertiary alicyclic amines) is 1. The number of nitrogens with zero attached hydrogens (tertiary/aromatic N) is 1. The van der Waals surface area contributed by atoms with Crippen LogP contribution in [0.2, 0.25) is 0 Å². The van der Waals surface area contributed by atoms with Crippen LogP contribution in [0.1, 0.15) is 47.7 Å². The molecule has 0 unspecified atom stereocenters. The van der Waals surface area contributed by atoms with Gasteiger partial charge in [-0.25, -0.2) is 0 Å². The molecule has 1 aliphatic heterocycles. The first kappa shape index (κ1) is 22.4. The van der Waals surface area contributed by atoms with Gasteiger partial charge in [0.05, 0.1) is 6.61 Å². The highest BCUT2D eigenvalue weighted by atomic mass is 32.2. The third-order valence-electron chi connectivity index (χ3n) is 5.33. The van der Waals surface area contributed by atoms with Crippen molar-refractivity contribution in [2.75, 3.05) is 32.8 Å². The molecule has 5 heteroatoms. The lowest BCUT2D eigenvalue weighted by Crippen LogP contribution is -2.28. The van der Waals surface area contributed by atoms with Crippen LogP contribution >= 0.6 is 11.8 Å². The molecule has 3 rings (SSSR count). The summed E-state index contributed by atoms with van der Waals surface area (Å²) in [6, 6.07) is 14.4. The van der Waals surface area contributed by atoms with Crippen LogP contribution in [-0.4, -0.2) is 43.7 Å². The molecule has 0 aromatic heterocycles. The summed E-state index contributed by atoms with van der Waals surface area (Å²) >= 11 is 1.74. The number of aryl methyl sites for hydroxylation is 1. The summed E-state index contributed by atoms with van der Waals surface area (Å²) < 4.78 is 5.27. The maximum Gasteiger partial charge on any atom is 0.251 e. The van der Waals surface area contributed by atoms with Crippen molar-refractivity contribution in [1.29, 1.82) is 0 Å². The summed E-state index contributed by atoms with van der Waals surface area (Å²) in [5.74, 6) is -0.0618. The van der Waals surface area contributed by atoms with Gasteiger partial charge >= 0.3 is 0 Å². The van der Waals surface area contributed by atoms with Crippen molar-refractivity contribution >= 4 is 23.4 Å². The van der Waals surface area contributed by atoms with Crippen molar-refractivity contribution in [3.8, 4) is 0 Å². The Balaban J connectivity index is 1.71. The van der Waals surface area contributed by atoms with Crippen LogP contribution in [0.15, 0.2) is 58.8 Å². The zero-order valence-corrected chi connectivity index (χ0v) is 18.9. The first-order valence-corrected chi connectivity index (χ1v) is 11.6. The summed E-state index contributed by atoms with van der Waals surface area (Å²) in [6.45, 7) is 12.3. The lowest BCUT2D eigenvalue weighted by molar-refractivity contribution is 0.0922. The Morgan fingerprint density at radius 1 is 1.13 bits per heavy atom. The fourth-order valence-electron chi connectivity index (χ4n) is 3.63. The van der Waals surface area contributed by atoms with Gasteiger partial charge in [-0.3, -0.25) is 4.79 Å². The van der Waals surface area contributed by atoms with Crippen LogP contribution in [0.5, 0.6) is 0 Å². The van der Waals surface area contributed by atoms with Gasteiger partial charge in [-0.15, -0.1) is 0 Å². The quantitative estimate of drug-likeness (QED) is 0.550. The van der Waals surface area contributed by atoms with Crippen LogP contribution in [0.3, 0.4) is 0 Å². The Morgan fingerprint density at radius 2 is 1.90 bits per heavy atom. The standard InChI is InChI=1S/C25H32N2O2S/c1-4-29-17-14-26-25(28)21-12-13-23(19(2)18-21)30-24-11-7-6-10-22(24)20(3)27-15-8-5-9-16-27/h6-7,10-13,18H,3-5,8-9,14-17H2,1-2H3,(H,26,28). The van der Waals surface area contributed by atoms with Crippen molar-refractivity contribution in [3.05, 3.63) is 65.7 Å². The van der Waals surface area contributed by atoms with Gasteiger partial charge in [0.15, 0.2) is 0 Å². The molecular formula is C25H32N2O2S. The van der Waals surface area contributed by atoms with E-state index in [1.54, 1.807) is 11.8 Å².